The van der Waals surface area contributed by atoms with Crippen molar-refractivity contribution in [1.82, 2.24) is 24.4 Å². The summed E-state index contributed by atoms with van der Waals surface area (Å²) in [7, 11) is 1.66. The first kappa shape index (κ1) is 11.3. The lowest BCUT2D eigenvalue weighted by molar-refractivity contribution is 0.736. The van der Waals surface area contributed by atoms with Gasteiger partial charge in [0.15, 0.2) is 0 Å². The van der Waals surface area contributed by atoms with Crippen molar-refractivity contribution in [2.24, 2.45) is 7.05 Å². The molecular weight excluding hydrogens is 270 g/mol. The van der Waals surface area contributed by atoms with E-state index < -0.39 is 0 Å². The molecule has 0 saturated carbocycles. The summed E-state index contributed by atoms with van der Waals surface area (Å²) in [4.78, 5) is 13.2. The van der Waals surface area contributed by atoms with Crippen LogP contribution in [0.1, 0.15) is 10.6 Å². The van der Waals surface area contributed by atoms with Gasteiger partial charge in [0.05, 0.1) is 0 Å². The van der Waals surface area contributed by atoms with Crippen molar-refractivity contribution < 1.29 is 0 Å². The van der Waals surface area contributed by atoms with Crippen LogP contribution in [0.2, 0.25) is 0 Å². The third kappa shape index (κ3) is 1.70. The van der Waals surface area contributed by atoms with E-state index in [0.717, 1.165) is 4.88 Å². The Morgan fingerprint density at radius 1 is 1.56 bits per heavy atom. The molecule has 0 unspecified atom stereocenters. The third-order valence-corrected chi connectivity index (χ3v) is 3.77. The van der Waals surface area contributed by atoms with Gasteiger partial charge in [-0.05, 0) is 23.7 Å². The lowest BCUT2D eigenvalue weighted by Crippen LogP contribution is -2.26. The fourth-order valence-corrected chi connectivity index (χ4v) is 2.60. The highest BCUT2D eigenvalue weighted by molar-refractivity contribution is 7.71. The summed E-state index contributed by atoms with van der Waals surface area (Å²) in [6, 6.07) is 3.93. The molecule has 0 radical (unpaired) electrons. The van der Waals surface area contributed by atoms with Crippen LogP contribution in [0.3, 0.4) is 0 Å². The Balaban J connectivity index is 2.23. The molecule has 6 nitrogen and oxygen atoms in total. The van der Waals surface area contributed by atoms with Gasteiger partial charge in [-0.2, -0.15) is 9.61 Å². The monoisotopic (exact) mass is 279 g/mol. The molecular formula is C10H9N5OS2. The van der Waals surface area contributed by atoms with E-state index in [1.807, 2.05) is 17.5 Å². The molecule has 0 aromatic carbocycles. The number of H-pyrrole nitrogens is 1. The van der Waals surface area contributed by atoms with E-state index in [1.165, 1.54) is 9.08 Å². The average molecular weight is 279 g/mol. The van der Waals surface area contributed by atoms with Gasteiger partial charge in [-0.25, -0.2) is 5.10 Å². The predicted octanol–water partition coefficient (Wildman–Crippen LogP) is 1.14. The van der Waals surface area contributed by atoms with Crippen molar-refractivity contribution in [1.29, 1.82) is 0 Å². The molecule has 0 aliphatic carbocycles. The number of fused-ring (bicyclic) bond motifs is 1. The summed E-state index contributed by atoms with van der Waals surface area (Å²) in [5.41, 5.74) is 0.315. The minimum Gasteiger partial charge on any atom is -0.277 e. The van der Waals surface area contributed by atoms with E-state index in [9.17, 15) is 4.79 Å². The number of thiophene rings is 1. The van der Waals surface area contributed by atoms with E-state index in [2.05, 4.69) is 15.3 Å². The molecule has 92 valence electrons. The van der Waals surface area contributed by atoms with Crippen LogP contribution in [-0.4, -0.2) is 24.4 Å². The molecule has 0 spiro atoms. The molecule has 3 rings (SSSR count). The van der Waals surface area contributed by atoms with Gasteiger partial charge in [-0.15, -0.1) is 16.4 Å². The van der Waals surface area contributed by atoms with Crippen molar-refractivity contribution in [3.8, 4) is 0 Å². The van der Waals surface area contributed by atoms with Crippen LogP contribution >= 0.6 is 23.6 Å². The minimum absolute atomic E-state index is 0.148. The van der Waals surface area contributed by atoms with Gasteiger partial charge in [0.2, 0.25) is 4.77 Å². The maximum absolute atomic E-state index is 12.1. The normalized spacial score (nSPS) is 11.2. The molecule has 3 aromatic rings. The maximum atomic E-state index is 12.1. The standard InChI is InChI=1S/C10H9N5OS2/c1-14-8(16)7(5-6-3-2-4-18-6)13-15-9(14)11-12-10(15)17/h2-4H,5H2,1H3,(H,12,17). The van der Waals surface area contributed by atoms with E-state index >= 15 is 0 Å². The first-order chi connectivity index (χ1) is 8.66. The smallest absolute Gasteiger partial charge is 0.277 e. The number of aromatic amines is 1. The Labute approximate surface area is 111 Å². The average Bonchev–Trinajstić information content (AvgIpc) is 2.97. The molecule has 0 saturated heterocycles. The Hall–Kier alpha value is -1.80. The van der Waals surface area contributed by atoms with E-state index in [1.54, 1.807) is 18.4 Å². The van der Waals surface area contributed by atoms with Crippen LogP contribution in [-0.2, 0) is 13.5 Å². The number of hydrogen-bond acceptors (Lipinski definition) is 5. The van der Waals surface area contributed by atoms with Gasteiger partial charge in [0.25, 0.3) is 11.3 Å². The zero-order valence-electron chi connectivity index (χ0n) is 9.45. The summed E-state index contributed by atoms with van der Waals surface area (Å²) >= 11 is 6.66. The molecule has 1 N–H and O–H groups in total. The zero-order valence-corrected chi connectivity index (χ0v) is 11.1. The van der Waals surface area contributed by atoms with Gasteiger partial charge in [-0.3, -0.25) is 9.36 Å². The molecule has 0 aliphatic rings. The van der Waals surface area contributed by atoms with Gasteiger partial charge in [-0.1, -0.05) is 6.07 Å². The maximum Gasteiger partial charge on any atom is 0.277 e. The summed E-state index contributed by atoms with van der Waals surface area (Å²) in [5, 5.41) is 12.8. The Morgan fingerprint density at radius 3 is 3.11 bits per heavy atom. The lowest BCUT2D eigenvalue weighted by atomic mass is 10.3. The fourth-order valence-electron chi connectivity index (χ4n) is 1.73. The van der Waals surface area contributed by atoms with Crippen molar-refractivity contribution in [2.45, 2.75) is 6.42 Å². The molecule has 0 bridgehead atoms. The summed E-state index contributed by atoms with van der Waals surface area (Å²) in [5.74, 6) is 0.417. The molecule has 0 fully saturated rings. The summed E-state index contributed by atoms with van der Waals surface area (Å²) < 4.78 is 3.30. The number of aryl methyl sites for hydroxylation is 1. The highest BCUT2D eigenvalue weighted by atomic mass is 32.1. The number of hydrogen-bond donors (Lipinski definition) is 1. The molecule has 0 atom stereocenters. The van der Waals surface area contributed by atoms with Crippen molar-refractivity contribution in [3.05, 3.63) is 43.2 Å². The van der Waals surface area contributed by atoms with Crippen LogP contribution in [0.25, 0.3) is 5.78 Å². The SMILES string of the molecule is Cn1c(=O)c(Cc2cccs2)nn2c(=S)[nH]nc12. The molecule has 3 heterocycles. The Morgan fingerprint density at radius 2 is 2.39 bits per heavy atom. The Bertz CT molecular complexity index is 811. The van der Waals surface area contributed by atoms with Crippen LogP contribution < -0.4 is 5.56 Å². The third-order valence-electron chi connectivity index (χ3n) is 2.63. The number of nitrogens with zero attached hydrogens (tertiary/aromatic N) is 4. The van der Waals surface area contributed by atoms with Crippen LogP contribution in [0.4, 0.5) is 0 Å². The molecule has 8 heteroatoms. The minimum atomic E-state index is -0.148. The van der Waals surface area contributed by atoms with E-state index in [4.69, 9.17) is 12.2 Å². The van der Waals surface area contributed by atoms with Crippen molar-refractivity contribution in [3.63, 3.8) is 0 Å². The van der Waals surface area contributed by atoms with Crippen LogP contribution in [0.5, 0.6) is 0 Å². The van der Waals surface area contributed by atoms with Crippen molar-refractivity contribution in [2.75, 3.05) is 0 Å². The summed E-state index contributed by atoms with van der Waals surface area (Å²) in [6.45, 7) is 0. The first-order valence-corrected chi connectivity index (χ1v) is 6.51. The fraction of sp³-hybridized carbons (Fsp3) is 0.200. The number of rotatable bonds is 2. The second-order valence-electron chi connectivity index (χ2n) is 3.81. The largest absolute Gasteiger partial charge is 0.277 e. The highest BCUT2D eigenvalue weighted by Crippen LogP contribution is 2.11. The first-order valence-electron chi connectivity index (χ1n) is 5.22. The second kappa shape index (κ2) is 4.14. The number of aromatic nitrogens is 5. The quantitative estimate of drug-likeness (QED) is 0.714. The molecule has 0 amide bonds. The zero-order chi connectivity index (χ0) is 12.7. The van der Waals surface area contributed by atoms with E-state index in [-0.39, 0.29) is 5.56 Å². The highest BCUT2D eigenvalue weighted by Gasteiger charge is 2.11. The molecule has 3 aromatic heterocycles. The topological polar surface area (TPSA) is 68.0 Å². The second-order valence-corrected chi connectivity index (χ2v) is 5.23. The van der Waals surface area contributed by atoms with Gasteiger partial charge >= 0.3 is 0 Å². The van der Waals surface area contributed by atoms with Gasteiger partial charge in [0, 0.05) is 18.3 Å². The lowest BCUT2D eigenvalue weighted by Gasteiger charge is -2.03. The van der Waals surface area contributed by atoms with Crippen LogP contribution in [0, 0.1) is 4.77 Å². The predicted molar refractivity (Wildman–Crippen MR) is 70.5 cm³/mol. The van der Waals surface area contributed by atoms with Crippen LogP contribution in [0.15, 0.2) is 22.3 Å². The van der Waals surface area contributed by atoms with Crippen molar-refractivity contribution >= 4 is 29.3 Å². The van der Waals surface area contributed by atoms with Gasteiger partial charge < -0.3 is 0 Å². The summed E-state index contributed by atoms with van der Waals surface area (Å²) in [6.07, 6.45) is 0.507. The van der Waals surface area contributed by atoms with Gasteiger partial charge in [0.1, 0.15) is 5.69 Å². The Kier molecular flexibility index (Phi) is 2.60. The molecule has 18 heavy (non-hydrogen) atoms. The van der Waals surface area contributed by atoms with E-state index in [0.29, 0.717) is 22.7 Å². The molecule has 0 aliphatic heterocycles. The number of nitrogens with one attached hydrogen (secondary N) is 1.